The zero-order valence-electron chi connectivity index (χ0n) is 10.4. The lowest BCUT2D eigenvalue weighted by atomic mass is 9.80. The first-order valence-electron chi connectivity index (χ1n) is 6.32. The summed E-state index contributed by atoms with van der Waals surface area (Å²) in [7, 11) is 0. The highest BCUT2D eigenvalue weighted by atomic mass is 35.5. The lowest BCUT2D eigenvalue weighted by molar-refractivity contribution is 0.247. The maximum atomic E-state index is 9.51. The summed E-state index contributed by atoms with van der Waals surface area (Å²) in [4.78, 5) is 0. The van der Waals surface area contributed by atoms with Gasteiger partial charge in [-0.3, -0.25) is 0 Å². The van der Waals surface area contributed by atoms with Crippen LogP contribution in [0.1, 0.15) is 12.8 Å². The number of nitriles is 1. The SMILES string of the molecule is N#CC1(Cn2ccc3cc(Cl)nnc32)CCNCC1. The van der Waals surface area contributed by atoms with E-state index in [-0.39, 0.29) is 5.41 Å². The lowest BCUT2D eigenvalue weighted by Crippen LogP contribution is -2.38. The highest BCUT2D eigenvalue weighted by molar-refractivity contribution is 6.29. The predicted octanol–water partition coefficient (Wildman–Crippen LogP) is 1.98. The molecule has 2 aromatic rings. The topological polar surface area (TPSA) is 66.5 Å². The van der Waals surface area contributed by atoms with E-state index in [2.05, 4.69) is 21.6 Å². The summed E-state index contributed by atoms with van der Waals surface area (Å²) in [5.74, 6) is 0. The molecule has 0 unspecified atom stereocenters. The second kappa shape index (κ2) is 4.80. The lowest BCUT2D eigenvalue weighted by Gasteiger charge is -2.31. The van der Waals surface area contributed by atoms with Crippen LogP contribution in [0.2, 0.25) is 5.15 Å². The molecule has 3 rings (SSSR count). The molecular weight excluding hydrogens is 262 g/mol. The number of nitrogens with one attached hydrogen (secondary N) is 1. The first-order chi connectivity index (χ1) is 9.22. The fourth-order valence-corrected chi connectivity index (χ4v) is 2.78. The Balaban J connectivity index is 1.94. The van der Waals surface area contributed by atoms with E-state index in [0.29, 0.717) is 11.7 Å². The van der Waals surface area contributed by atoms with Crippen molar-refractivity contribution in [2.45, 2.75) is 19.4 Å². The molecule has 0 aliphatic carbocycles. The van der Waals surface area contributed by atoms with Gasteiger partial charge in [-0.2, -0.15) is 5.26 Å². The molecule has 0 bridgehead atoms. The number of hydrogen-bond acceptors (Lipinski definition) is 4. The molecule has 1 aliphatic heterocycles. The van der Waals surface area contributed by atoms with Crippen molar-refractivity contribution in [3.8, 4) is 6.07 Å². The van der Waals surface area contributed by atoms with E-state index in [9.17, 15) is 5.26 Å². The Labute approximate surface area is 116 Å². The molecule has 1 fully saturated rings. The summed E-state index contributed by atoms with van der Waals surface area (Å²) >= 11 is 5.83. The summed E-state index contributed by atoms with van der Waals surface area (Å²) in [5, 5.41) is 22.2. The zero-order chi connectivity index (χ0) is 13.3. The minimum atomic E-state index is -0.307. The van der Waals surface area contributed by atoms with Crippen molar-refractivity contribution in [1.82, 2.24) is 20.1 Å². The highest BCUT2D eigenvalue weighted by Gasteiger charge is 2.32. The van der Waals surface area contributed by atoms with Gasteiger partial charge in [0.15, 0.2) is 10.8 Å². The van der Waals surface area contributed by atoms with Crippen LogP contribution in [0.15, 0.2) is 18.3 Å². The van der Waals surface area contributed by atoms with Gasteiger partial charge in [0.2, 0.25) is 0 Å². The molecule has 1 saturated heterocycles. The smallest absolute Gasteiger partial charge is 0.162 e. The molecular formula is C13H14ClN5. The average molecular weight is 276 g/mol. The van der Waals surface area contributed by atoms with E-state index >= 15 is 0 Å². The molecule has 0 aromatic carbocycles. The van der Waals surface area contributed by atoms with E-state index in [0.717, 1.165) is 37.0 Å². The first-order valence-corrected chi connectivity index (χ1v) is 6.70. The third-order valence-electron chi connectivity index (χ3n) is 3.75. The molecule has 3 heterocycles. The van der Waals surface area contributed by atoms with E-state index < -0.39 is 0 Å². The maximum absolute atomic E-state index is 9.51. The second-order valence-corrected chi connectivity index (χ2v) is 5.42. The molecule has 0 saturated carbocycles. The van der Waals surface area contributed by atoms with E-state index in [4.69, 9.17) is 11.6 Å². The predicted molar refractivity (Wildman–Crippen MR) is 72.7 cm³/mol. The number of nitrogens with zero attached hydrogens (tertiary/aromatic N) is 4. The molecule has 2 aromatic heterocycles. The third kappa shape index (κ3) is 2.29. The number of rotatable bonds is 2. The quantitative estimate of drug-likeness (QED) is 0.910. The summed E-state index contributed by atoms with van der Waals surface area (Å²) in [5.41, 5.74) is 0.482. The van der Waals surface area contributed by atoms with Gasteiger partial charge < -0.3 is 9.88 Å². The fraction of sp³-hybridized carbons (Fsp3) is 0.462. The molecule has 19 heavy (non-hydrogen) atoms. The van der Waals surface area contributed by atoms with Crippen LogP contribution in [-0.4, -0.2) is 27.9 Å². The van der Waals surface area contributed by atoms with Crippen molar-refractivity contribution in [3.05, 3.63) is 23.5 Å². The van der Waals surface area contributed by atoms with E-state index in [1.54, 1.807) is 6.07 Å². The third-order valence-corrected chi connectivity index (χ3v) is 3.93. The van der Waals surface area contributed by atoms with Gasteiger partial charge in [0.25, 0.3) is 0 Å². The zero-order valence-corrected chi connectivity index (χ0v) is 11.2. The van der Waals surface area contributed by atoms with Crippen molar-refractivity contribution >= 4 is 22.6 Å². The average Bonchev–Trinajstić information content (AvgIpc) is 2.82. The van der Waals surface area contributed by atoms with Gasteiger partial charge in [-0.05, 0) is 38.1 Å². The molecule has 98 valence electrons. The summed E-state index contributed by atoms with van der Waals surface area (Å²) in [6, 6.07) is 6.25. The van der Waals surface area contributed by atoms with Crippen molar-refractivity contribution in [2.24, 2.45) is 5.41 Å². The Morgan fingerprint density at radius 2 is 2.21 bits per heavy atom. The number of hydrogen-bond donors (Lipinski definition) is 1. The van der Waals surface area contributed by atoms with Crippen LogP contribution in [-0.2, 0) is 6.54 Å². The number of aromatic nitrogens is 3. The number of halogens is 1. The van der Waals surface area contributed by atoms with Crippen LogP contribution in [0.4, 0.5) is 0 Å². The molecule has 1 N–H and O–H groups in total. The Kier molecular flexibility index (Phi) is 3.13. The van der Waals surface area contributed by atoms with Crippen LogP contribution in [0.25, 0.3) is 11.0 Å². The van der Waals surface area contributed by atoms with Gasteiger partial charge in [-0.25, -0.2) is 0 Å². The standard InChI is InChI=1S/C13H14ClN5/c14-11-7-10-1-6-19(12(10)18-17-11)9-13(8-15)2-4-16-5-3-13/h1,6-7,16H,2-5,9H2. The molecule has 6 heteroatoms. The maximum Gasteiger partial charge on any atom is 0.162 e. The largest absolute Gasteiger partial charge is 0.329 e. The molecule has 0 amide bonds. The minimum absolute atomic E-state index is 0.307. The minimum Gasteiger partial charge on any atom is -0.329 e. The van der Waals surface area contributed by atoms with E-state index in [1.165, 1.54) is 0 Å². The molecule has 0 radical (unpaired) electrons. The highest BCUT2D eigenvalue weighted by Crippen LogP contribution is 2.31. The van der Waals surface area contributed by atoms with Gasteiger partial charge in [0.05, 0.1) is 11.5 Å². The molecule has 0 atom stereocenters. The van der Waals surface area contributed by atoms with Crippen LogP contribution in [0.5, 0.6) is 0 Å². The summed E-state index contributed by atoms with van der Waals surface area (Å²) in [6.07, 6.45) is 3.69. The Morgan fingerprint density at radius 3 is 2.95 bits per heavy atom. The van der Waals surface area contributed by atoms with Gasteiger partial charge >= 0.3 is 0 Å². The van der Waals surface area contributed by atoms with Gasteiger partial charge in [-0.1, -0.05) is 11.6 Å². The van der Waals surface area contributed by atoms with Gasteiger partial charge in [0, 0.05) is 18.1 Å². The summed E-state index contributed by atoms with van der Waals surface area (Å²) in [6.45, 7) is 2.44. The normalized spacial score (nSPS) is 18.3. The van der Waals surface area contributed by atoms with Crippen LogP contribution in [0, 0.1) is 16.7 Å². The monoisotopic (exact) mass is 275 g/mol. The van der Waals surface area contributed by atoms with Crippen LogP contribution in [0.3, 0.4) is 0 Å². The number of piperidine rings is 1. The van der Waals surface area contributed by atoms with Crippen LogP contribution < -0.4 is 5.32 Å². The van der Waals surface area contributed by atoms with Gasteiger partial charge in [-0.15, -0.1) is 10.2 Å². The van der Waals surface area contributed by atoms with Crippen molar-refractivity contribution in [1.29, 1.82) is 5.26 Å². The molecule has 5 nitrogen and oxygen atoms in total. The van der Waals surface area contributed by atoms with Crippen molar-refractivity contribution in [3.63, 3.8) is 0 Å². The van der Waals surface area contributed by atoms with Gasteiger partial charge in [0.1, 0.15) is 0 Å². The fourth-order valence-electron chi connectivity index (χ4n) is 2.63. The molecule has 1 aliphatic rings. The number of fused-ring (bicyclic) bond motifs is 1. The van der Waals surface area contributed by atoms with E-state index in [1.807, 2.05) is 16.8 Å². The van der Waals surface area contributed by atoms with Crippen molar-refractivity contribution < 1.29 is 0 Å². The molecule has 0 spiro atoms. The summed E-state index contributed by atoms with van der Waals surface area (Å²) < 4.78 is 2.01. The second-order valence-electron chi connectivity index (χ2n) is 5.03. The Bertz CT molecular complexity index is 636. The van der Waals surface area contributed by atoms with Crippen molar-refractivity contribution in [2.75, 3.05) is 13.1 Å². The van der Waals surface area contributed by atoms with Crippen LogP contribution >= 0.6 is 11.6 Å². The Morgan fingerprint density at radius 1 is 1.42 bits per heavy atom. The first kappa shape index (κ1) is 12.4. The Hall–Kier alpha value is -1.64.